The molecule has 0 bridgehead atoms. The molecule has 172 valence electrons. The molecule has 0 saturated heterocycles. The largest absolute Gasteiger partial charge is 0.478 e. The quantitative estimate of drug-likeness (QED) is 0.434. The van der Waals surface area contributed by atoms with Gasteiger partial charge in [0.05, 0.1) is 23.2 Å². The minimum absolute atomic E-state index is 0.159. The summed E-state index contributed by atoms with van der Waals surface area (Å²) in [5.41, 5.74) is 4.50. The van der Waals surface area contributed by atoms with Crippen molar-refractivity contribution in [1.82, 2.24) is 9.38 Å². The molecule has 0 radical (unpaired) electrons. The molecule has 2 N–H and O–H groups in total. The molecule has 2 aromatic heterocycles. The first-order valence-electron chi connectivity index (χ1n) is 10.9. The molecule has 7 nitrogen and oxygen atoms in total. The fourth-order valence-electron chi connectivity index (χ4n) is 3.80. The molecule has 0 amide bonds. The highest BCUT2D eigenvalue weighted by atomic mass is 16.4. The lowest BCUT2D eigenvalue weighted by molar-refractivity contribution is 0.0698. The molecule has 0 spiro atoms. The summed E-state index contributed by atoms with van der Waals surface area (Å²) in [6.45, 7) is 5.47. The van der Waals surface area contributed by atoms with Crippen molar-refractivity contribution in [1.29, 1.82) is 5.26 Å². The maximum atomic E-state index is 13.2. The van der Waals surface area contributed by atoms with Gasteiger partial charge in [0, 0.05) is 28.6 Å². The predicted molar refractivity (Wildman–Crippen MR) is 134 cm³/mol. The number of hydrogen-bond donors (Lipinski definition) is 2. The lowest BCUT2D eigenvalue weighted by Gasteiger charge is -2.20. The van der Waals surface area contributed by atoms with E-state index in [4.69, 9.17) is 10.2 Å². The Morgan fingerprint density at radius 2 is 1.77 bits per heavy atom. The summed E-state index contributed by atoms with van der Waals surface area (Å²) in [6, 6.07) is 17.2. The number of hydrogen-bond acceptors (Lipinski definition) is 5. The second-order valence-electron chi connectivity index (χ2n) is 8.21. The van der Waals surface area contributed by atoms with Crippen molar-refractivity contribution >= 4 is 17.3 Å². The topological polar surface area (TPSA) is 107 Å². The number of benzene rings is 2. The fraction of sp³-hybridized carbons (Fsp3) is 0.143. The van der Waals surface area contributed by atoms with Crippen LogP contribution in [-0.4, -0.2) is 20.5 Å². The molecule has 0 saturated carbocycles. The Balaban J connectivity index is 1.81. The molecule has 0 aliphatic heterocycles. The Morgan fingerprint density at radius 3 is 2.46 bits per heavy atom. The summed E-state index contributed by atoms with van der Waals surface area (Å²) < 4.78 is 1.51. The number of rotatable bonds is 4. The maximum absolute atomic E-state index is 13.2. The smallest absolute Gasteiger partial charge is 0.337 e. The van der Waals surface area contributed by atoms with Crippen LogP contribution in [0.2, 0.25) is 0 Å². The summed E-state index contributed by atoms with van der Waals surface area (Å²) in [6.07, 6.45) is 1.73. The summed E-state index contributed by atoms with van der Waals surface area (Å²) in [5, 5.41) is 21.7. The molecule has 4 aromatic rings. The summed E-state index contributed by atoms with van der Waals surface area (Å²) in [4.78, 5) is 29.5. The molecule has 2 heterocycles. The van der Waals surface area contributed by atoms with Gasteiger partial charge < -0.3 is 10.4 Å². The van der Waals surface area contributed by atoms with E-state index in [0.717, 1.165) is 11.1 Å². The number of aromatic nitrogens is 2. The maximum Gasteiger partial charge on any atom is 0.337 e. The second kappa shape index (κ2) is 9.54. The molecule has 2 aromatic carbocycles. The van der Waals surface area contributed by atoms with E-state index in [1.807, 2.05) is 19.9 Å². The third kappa shape index (κ3) is 4.75. The summed E-state index contributed by atoms with van der Waals surface area (Å²) in [5.74, 6) is 4.98. The van der Waals surface area contributed by atoms with Gasteiger partial charge in [-0.3, -0.25) is 9.20 Å². The number of para-hydroxylation sites is 1. The van der Waals surface area contributed by atoms with E-state index in [-0.39, 0.29) is 17.2 Å². The highest BCUT2D eigenvalue weighted by molar-refractivity contribution is 5.94. The van der Waals surface area contributed by atoms with Crippen molar-refractivity contribution in [2.45, 2.75) is 26.8 Å². The van der Waals surface area contributed by atoms with Crippen LogP contribution < -0.4 is 10.9 Å². The van der Waals surface area contributed by atoms with Gasteiger partial charge in [0.15, 0.2) is 0 Å². The number of fused-ring (bicyclic) bond motifs is 1. The molecular weight excluding hydrogens is 440 g/mol. The molecule has 0 aliphatic carbocycles. The molecule has 7 heteroatoms. The molecular formula is C28H22N4O3. The minimum Gasteiger partial charge on any atom is -0.478 e. The first kappa shape index (κ1) is 23.3. The van der Waals surface area contributed by atoms with Crippen LogP contribution in [0.1, 0.15) is 56.8 Å². The number of nitriles is 1. The Bertz CT molecular complexity index is 1620. The van der Waals surface area contributed by atoms with Crippen molar-refractivity contribution in [2.75, 3.05) is 5.32 Å². The zero-order valence-corrected chi connectivity index (χ0v) is 19.5. The number of carboxylic acid groups (broad SMARTS) is 1. The average Bonchev–Trinajstić information content (AvgIpc) is 2.85. The van der Waals surface area contributed by atoms with Crippen LogP contribution in [0.5, 0.6) is 0 Å². The number of carboxylic acids is 1. The number of nitrogens with one attached hydrogen (secondary N) is 1. The average molecular weight is 463 g/mol. The van der Waals surface area contributed by atoms with Crippen LogP contribution in [0.3, 0.4) is 0 Å². The van der Waals surface area contributed by atoms with Crippen LogP contribution in [0.25, 0.3) is 5.65 Å². The van der Waals surface area contributed by atoms with Gasteiger partial charge in [-0.2, -0.15) is 5.26 Å². The first-order chi connectivity index (χ1) is 16.8. The number of nitrogens with zero attached hydrogens (tertiary/aromatic N) is 3. The van der Waals surface area contributed by atoms with Gasteiger partial charge in [-0.25, -0.2) is 9.78 Å². The molecule has 0 fully saturated rings. The number of carbonyl (C=O) groups is 1. The predicted octanol–water partition coefficient (Wildman–Crippen LogP) is 4.45. The normalized spacial score (nSPS) is 11.3. The van der Waals surface area contributed by atoms with E-state index >= 15 is 0 Å². The first-order valence-corrected chi connectivity index (χ1v) is 10.9. The highest BCUT2D eigenvalue weighted by Crippen LogP contribution is 2.25. The van der Waals surface area contributed by atoms with E-state index in [2.05, 4.69) is 23.2 Å². The molecule has 35 heavy (non-hydrogen) atoms. The van der Waals surface area contributed by atoms with Gasteiger partial charge in [0.25, 0.3) is 5.56 Å². The highest BCUT2D eigenvalue weighted by Gasteiger charge is 2.18. The van der Waals surface area contributed by atoms with Crippen LogP contribution >= 0.6 is 0 Å². The van der Waals surface area contributed by atoms with Gasteiger partial charge in [0.2, 0.25) is 0 Å². The third-order valence-electron chi connectivity index (χ3n) is 5.65. The Labute approximate surface area is 202 Å². The SMILES string of the molecule is Cc1cc([C@@H](C)Nc2ccccc2C(=O)O)c2nc(C#Cc3ccc(C#N)cc3)c(C)c(=O)n2c1. The van der Waals surface area contributed by atoms with Crippen LogP contribution in [0.15, 0.2) is 65.6 Å². The Morgan fingerprint density at radius 1 is 1.09 bits per heavy atom. The van der Waals surface area contributed by atoms with Crippen LogP contribution in [-0.2, 0) is 0 Å². The molecule has 1 atom stereocenters. The molecule has 0 unspecified atom stereocenters. The molecule has 4 rings (SSSR count). The van der Waals surface area contributed by atoms with Crippen LogP contribution in [0.4, 0.5) is 5.69 Å². The van der Waals surface area contributed by atoms with Gasteiger partial charge in [-0.1, -0.05) is 18.1 Å². The zero-order chi connectivity index (χ0) is 25.1. The van der Waals surface area contributed by atoms with Crippen molar-refractivity contribution < 1.29 is 9.90 Å². The number of anilines is 1. The fourth-order valence-corrected chi connectivity index (χ4v) is 3.80. The third-order valence-corrected chi connectivity index (χ3v) is 5.65. The number of pyridine rings is 1. The van der Waals surface area contributed by atoms with Crippen molar-refractivity contribution in [2.24, 2.45) is 0 Å². The summed E-state index contributed by atoms with van der Waals surface area (Å²) >= 11 is 0. The lowest BCUT2D eigenvalue weighted by Crippen LogP contribution is -2.22. The standard InChI is InChI=1S/C28H22N4O3/c1-17-14-23(19(3)30-25-7-5-4-6-22(25)28(34)35)26-31-24(18(2)27(33)32(26)16-17)13-12-20-8-10-21(15-29)11-9-20/h4-11,14,16,19,30H,1-3H3,(H,34,35)/t19-/m1/s1. The van der Waals surface area contributed by atoms with Crippen molar-refractivity contribution in [3.05, 3.63) is 110 Å². The van der Waals surface area contributed by atoms with E-state index in [1.54, 1.807) is 55.6 Å². The van der Waals surface area contributed by atoms with Crippen molar-refractivity contribution in [3.8, 4) is 17.9 Å². The van der Waals surface area contributed by atoms with Gasteiger partial charge >= 0.3 is 5.97 Å². The van der Waals surface area contributed by atoms with Crippen LogP contribution in [0, 0.1) is 37.0 Å². The van der Waals surface area contributed by atoms with E-state index in [9.17, 15) is 14.7 Å². The minimum atomic E-state index is -1.03. The van der Waals surface area contributed by atoms with Gasteiger partial charge in [-0.05, 0) is 74.7 Å². The number of aryl methyl sites for hydroxylation is 1. The van der Waals surface area contributed by atoms with Gasteiger partial charge in [0.1, 0.15) is 11.3 Å². The lowest BCUT2D eigenvalue weighted by atomic mass is 10.1. The van der Waals surface area contributed by atoms with Gasteiger partial charge in [-0.15, -0.1) is 0 Å². The summed E-state index contributed by atoms with van der Waals surface area (Å²) in [7, 11) is 0. The van der Waals surface area contributed by atoms with Crippen molar-refractivity contribution in [3.63, 3.8) is 0 Å². The Kier molecular flexibility index (Phi) is 6.35. The Hall–Kier alpha value is -4.88. The zero-order valence-electron chi connectivity index (χ0n) is 19.5. The molecule has 0 aliphatic rings. The number of aromatic carboxylic acids is 1. The second-order valence-corrected chi connectivity index (χ2v) is 8.21. The van der Waals surface area contributed by atoms with E-state index in [1.165, 1.54) is 10.5 Å². The monoisotopic (exact) mass is 462 g/mol. The van der Waals surface area contributed by atoms with E-state index in [0.29, 0.717) is 33.7 Å². The van der Waals surface area contributed by atoms with E-state index < -0.39 is 5.97 Å².